The Kier molecular flexibility index (Phi) is 58.8. The van der Waals surface area contributed by atoms with Gasteiger partial charge in [-0.2, -0.15) is 0 Å². The van der Waals surface area contributed by atoms with E-state index in [9.17, 15) is 0 Å². The van der Waals surface area contributed by atoms with Gasteiger partial charge in [0, 0.05) is 0 Å². The summed E-state index contributed by atoms with van der Waals surface area (Å²) in [6.45, 7) is 0. The van der Waals surface area contributed by atoms with Crippen molar-refractivity contribution in [2.24, 2.45) is 0 Å². The predicted octanol–water partition coefficient (Wildman–Crippen LogP) is -1.34. The fourth-order valence-corrected chi connectivity index (χ4v) is 0. The van der Waals surface area contributed by atoms with Crippen LogP contribution >= 0.6 is 0 Å². The van der Waals surface area contributed by atoms with Gasteiger partial charge in [-0.25, -0.2) is 0 Å². The molecule has 18 heteroatoms. The van der Waals surface area contributed by atoms with Crippen LogP contribution < -0.4 is 0 Å². The first-order valence-corrected chi connectivity index (χ1v) is 2.19. The summed E-state index contributed by atoms with van der Waals surface area (Å²) in [5, 5.41) is 59.0. The van der Waals surface area contributed by atoms with Crippen molar-refractivity contribution in [3.05, 3.63) is 61.3 Å². The van der Waals surface area contributed by atoms with Crippen LogP contribution in [-0.4, -0.2) is 43.4 Å². The molecule has 0 aromatic carbocycles. The Bertz CT molecular complexity index is 164. The molecule has 16 nitrogen and oxygen atoms in total. The van der Waals surface area contributed by atoms with Crippen LogP contribution in [0.4, 0.5) is 0 Å². The summed E-state index contributed by atoms with van der Waals surface area (Å²) < 4.78 is 0. The molecule has 0 heterocycles. The minimum Gasteiger partial charge on any atom is -0.356 e. The quantitative estimate of drug-likeness (QED) is 0.284. The van der Waals surface area contributed by atoms with Crippen LogP contribution in [-0.2, 0) is 17.1 Å². The average molecular weight is 328 g/mol. The van der Waals surface area contributed by atoms with Gasteiger partial charge in [0.25, 0.3) is 0 Å². The maximum Gasteiger partial charge on any atom is 2.00 e. The molecule has 0 rings (SSSR count). The predicted molar refractivity (Wildman–Crippen MR) is 47.2 cm³/mol. The molecule has 0 saturated heterocycles. The maximum atomic E-state index is 8.25. The average Bonchev–Trinajstić information content (AvgIpc) is 1.76. The van der Waals surface area contributed by atoms with E-state index < -0.39 is 20.3 Å². The summed E-state index contributed by atoms with van der Waals surface area (Å²) in [7, 11) is 0. The molecule has 0 amide bonds. The summed E-state index contributed by atoms with van der Waals surface area (Å²) in [5.41, 5.74) is 0. The van der Waals surface area contributed by atoms with Crippen LogP contribution in [0.1, 0.15) is 0 Å². The Hall–Kier alpha value is -1.91. The van der Waals surface area contributed by atoms with E-state index in [1.165, 1.54) is 0 Å². The molecule has 0 unspecified atom stereocenters. The van der Waals surface area contributed by atoms with Gasteiger partial charge in [-0.1, -0.05) is 0 Å². The summed E-state index contributed by atoms with van der Waals surface area (Å²) in [4.78, 5) is 33.0. The van der Waals surface area contributed by atoms with Crippen molar-refractivity contribution in [1.29, 1.82) is 0 Å². The third-order valence-electron chi connectivity index (χ3n) is 0. The summed E-state index contributed by atoms with van der Waals surface area (Å²) in [5.74, 6) is 0. The summed E-state index contributed by atoms with van der Waals surface area (Å²) in [6.07, 6.45) is 0. The van der Waals surface area contributed by atoms with Crippen molar-refractivity contribution in [2.75, 3.05) is 0 Å². The molecule has 0 aromatic rings. The Morgan fingerprint density at radius 3 is 0.444 bits per heavy atom. The summed E-state index contributed by atoms with van der Waals surface area (Å²) in [6, 6.07) is 0. The van der Waals surface area contributed by atoms with Gasteiger partial charge in [0.2, 0.25) is 0 Å². The Morgan fingerprint density at radius 2 is 0.444 bits per heavy atom. The molecular formula is FeMgN4O12. The van der Waals surface area contributed by atoms with E-state index in [-0.39, 0.29) is 40.1 Å². The molecule has 0 N–H and O–H groups in total. The second-order valence-corrected chi connectivity index (χ2v) is 0.894. The fraction of sp³-hybridized carbons (Fsp3) is 0. The molecule has 0 atom stereocenters. The molecule has 0 aliphatic rings. The van der Waals surface area contributed by atoms with Crippen molar-refractivity contribution < 1.29 is 37.4 Å². The fourth-order valence-electron chi connectivity index (χ4n) is 0. The second kappa shape index (κ2) is 29.4. The smallest absolute Gasteiger partial charge is 0.356 e. The molecule has 0 aliphatic carbocycles. The van der Waals surface area contributed by atoms with Crippen molar-refractivity contribution >= 4 is 23.1 Å². The van der Waals surface area contributed by atoms with E-state index >= 15 is 0 Å². The van der Waals surface area contributed by atoms with Crippen molar-refractivity contribution in [1.82, 2.24) is 0 Å². The third kappa shape index (κ3) is 658. The molecule has 0 aliphatic heterocycles. The number of hydrogen-bond acceptors (Lipinski definition) is 12. The number of hydrogen-bond donors (Lipinski definition) is 0. The zero-order valence-electron chi connectivity index (χ0n) is 7.75. The molecule has 18 heavy (non-hydrogen) atoms. The first-order chi connectivity index (χ1) is 6.93. The molecule has 0 radical (unpaired) electrons. The van der Waals surface area contributed by atoms with Gasteiger partial charge < -0.3 is 61.3 Å². The van der Waals surface area contributed by atoms with E-state index in [1.54, 1.807) is 0 Å². The van der Waals surface area contributed by atoms with Crippen molar-refractivity contribution in [3.8, 4) is 0 Å². The molecular weight excluding hydrogens is 328 g/mol. The Balaban J connectivity index is -0.0000000257. The first kappa shape index (κ1) is 36.0. The second-order valence-electron chi connectivity index (χ2n) is 0.894. The minimum atomic E-state index is -1.75. The molecule has 0 aromatic heterocycles. The SMILES string of the molecule is O=[N+]([O-])[O-].O=[N+]([O-])[O-].O=[N+]([O-])[O-].O=[N+]([O-])[O-].[Fe+2].[Mg+2]. The van der Waals surface area contributed by atoms with E-state index in [0.717, 1.165) is 0 Å². The van der Waals surface area contributed by atoms with Crippen LogP contribution in [0.15, 0.2) is 0 Å². The van der Waals surface area contributed by atoms with Gasteiger partial charge in [-0.3, -0.25) is 0 Å². The van der Waals surface area contributed by atoms with Gasteiger partial charge in [0.1, 0.15) is 0 Å². The zero-order chi connectivity index (χ0) is 14.3. The minimum absolute atomic E-state index is 0. The summed E-state index contributed by atoms with van der Waals surface area (Å²) >= 11 is 0. The van der Waals surface area contributed by atoms with Crippen LogP contribution in [0, 0.1) is 61.3 Å². The molecule has 102 valence electrons. The monoisotopic (exact) mass is 328 g/mol. The number of nitrogens with zero attached hydrogens (tertiary/aromatic N) is 4. The topological polar surface area (TPSA) is 265 Å². The van der Waals surface area contributed by atoms with Crippen LogP contribution in [0.3, 0.4) is 0 Å². The van der Waals surface area contributed by atoms with E-state index in [2.05, 4.69) is 0 Å². The van der Waals surface area contributed by atoms with E-state index in [0.29, 0.717) is 0 Å². The Labute approximate surface area is 122 Å². The van der Waals surface area contributed by atoms with Crippen molar-refractivity contribution in [3.63, 3.8) is 0 Å². The normalized spacial score (nSPS) is 5.33. The van der Waals surface area contributed by atoms with E-state index in [4.69, 9.17) is 61.3 Å². The van der Waals surface area contributed by atoms with Gasteiger partial charge in [0.05, 0.1) is 20.3 Å². The number of rotatable bonds is 0. The van der Waals surface area contributed by atoms with Crippen molar-refractivity contribution in [2.45, 2.75) is 0 Å². The molecule has 0 bridgehead atoms. The van der Waals surface area contributed by atoms with Gasteiger partial charge in [-0.05, 0) is 0 Å². The zero-order valence-corrected chi connectivity index (χ0v) is 10.3. The van der Waals surface area contributed by atoms with E-state index in [1.807, 2.05) is 0 Å². The van der Waals surface area contributed by atoms with Crippen LogP contribution in [0.5, 0.6) is 0 Å². The molecule has 0 saturated carbocycles. The first-order valence-electron chi connectivity index (χ1n) is 2.19. The largest absolute Gasteiger partial charge is 2.00 e. The van der Waals surface area contributed by atoms with Gasteiger partial charge >= 0.3 is 40.1 Å². The molecule has 0 spiro atoms. The molecule has 0 fully saturated rings. The third-order valence-corrected chi connectivity index (χ3v) is 0. The van der Waals surface area contributed by atoms with Crippen LogP contribution in [0.25, 0.3) is 0 Å². The maximum absolute atomic E-state index is 8.25. The van der Waals surface area contributed by atoms with Gasteiger partial charge in [-0.15, -0.1) is 0 Å². The van der Waals surface area contributed by atoms with Crippen LogP contribution in [0.2, 0.25) is 0 Å². The van der Waals surface area contributed by atoms with Gasteiger partial charge in [0.15, 0.2) is 0 Å². The Morgan fingerprint density at radius 1 is 0.444 bits per heavy atom. The standard InChI is InChI=1S/Fe.Mg.4NO3/c;;4*2-1(3)4/q2*+2;4*-1.